The monoisotopic (exact) mass is 221 g/mol. The van der Waals surface area contributed by atoms with Crippen LogP contribution in [-0.4, -0.2) is 20.1 Å². The van der Waals surface area contributed by atoms with Gasteiger partial charge in [-0.1, -0.05) is 6.07 Å². The van der Waals surface area contributed by atoms with Gasteiger partial charge in [0.05, 0.1) is 6.10 Å². The van der Waals surface area contributed by atoms with Gasteiger partial charge in [0.2, 0.25) is 0 Å². The van der Waals surface area contributed by atoms with Crippen molar-refractivity contribution in [3.05, 3.63) is 36.3 Å². The summed E-state index contributed by atoms with van der Waals surface area (Å²) >= 11 is 1.46. The Kier molecular flexibility index (Phi) is 3.03. The highest BCUT2D eigenvalue weighted by Gasteiger charge is 2.03. The lowest BCUT2D eigenvalue weighted by Gasteiger charge is -2.03. The zero-order valence-corrected chi connectivity index (χ0v) is 9.03. The maximum absolute atomic E-state index is 9.31. The molecule has 0 aromatic carbocycles. The Morgan fingerprint density at radius 3 is 2.80 bits per heavy atom. The number of imidazole rings is 1. The third-order valence-corrected chi connectivity index (χ3v) is 2.78. The fourth-order valence-corrected chi connectivity index (χ4v) is 1.79. The van der Waals surface area contributed by atoms with Crippen molar-refractivity contribution in [2.45, 2.75) is 23.2 Å². The summed E-state index contributed by atoms with van der Waals surface area (Å²) in [6.45, 7) is 1.72. The van der Waals surface area contributed by atoms with Gasteiger partial charge in [0, 0.05) is 18.6 Å². The normalized spacial score (nSPS) is 12.7. The Bertz CT molecular complexity index is 411. The summed E-state index contributed by atoms with van der Waals surface area (Å²) in [6.07, 6.45) is 4.68. The number of aliphatic hydroxyl groups is 1. The highest BCUT2D eigenvalue weighted by molar-refractivity contribution is 7.99. The van der Waals surface area contributed by atoms with Crippen molar-refractivity contribution in [3.8, 4) is 0 Å². The molecule has 0 bridgehead atoms. The molecule has 0 aliphatic heterocycles. The molecule has 2 aromatic heterocycles. The predicted molar refractivity (Wildman–Crippen MR) is 57.6 cm³/mol. The van der Waals surface area contributed by atoms with Crippen molar-refractivity contribution in [1.29, 1.82) is 0 Å². The molecule has 0 saturated heterocycles. The van der Waals surface area contributed by atoms with Gasteiger partial charge in [-0.05, 0) is 30.3 Å². The van der Waals surface area contributed by atoms with Gasteiger partial charge in [0.15, 0.2) is 5.16 Å². The van der Waals surface area contributed by atoms with Crippen molar-refractivity contribution in [3.63, 3.8) is 0 Å². The second-order valence-electron chi connectivity index (χ2n) is 3.10. The number of aromatic amines is 1. The molecule has 0 spiro atoms. The summed E-state index contributed by atoms with van der Waals surface area (Å²) in [6, 6.07) is 3.73. The lowest BCUT2D eigenvalue weighted by Crippen LogP contribution is -1.92. The lowest BCUT2D eigenvalue weighted by molar-refractivity contribution is 0.198. The molecule has 5 heteroatoms. The van der Waals surface area contributed by atoms with Gasteiger partial charge in [-0.25, -0.2) is 9.97 Å². The fraction of sp³-hybridized carbons (Fsp3) is 0.200. The molecule has 78 valence electrons. The van der Waals surface area contributed by atoms with Crippen LogP contribution < -0.4 is 0 Å². The van der Waals surface area contributed by atoms with Crippen LogP contribution in [0.25, 0.3) is 0 Å². The first-order valence-electron chi connectivity index (χ1n) is 4.57. The molecule has 1 atom stereocenters. The topological polar surface area (TPSA) is 61.8 Å². The molecular weight excluding hydrogens is 210 g/mol. The molecule has 15 heavy (non-hydrogen) atoms. The predicted octanol–water partition coefficient (Wildman–Crippen LogP) is 2.01. The highest BCUT2D eigenvalue weighted by Crippen LogP contribution is 2.23. The highest BCUT2D eigenvalue weighted by atomic mass is 32.2. The standard InChI is InChI=1S/C10H11N3OS/c1-7(14)8-2-3-9(13-6-8)15-10-11-4-5-12-10/h2-7,14H,1H3,(H,11,12)/t7-/m1/s1. The molecule has 4 nitrogen and oxygen atoms in total. The van der Waals surface area contributed by atoms with E-state index in [4.69, 9.17) is 0 Å². The summed E-state index contributed by atoms with van der Waals surface area (Å²) in [5.74, 6) is 0. The van der Waals surface area contributed by atoms with Crippen LogP contribution in [0.15, 0.2) is 40.9 Å². The molecule has 0 saturated carbocycles. The number of nitrogens with zero attached hydrogens (tertiary/aromatic N) is 2. The number of nitrogens with one attached hydrogen (secondary N) is 1. The maximum atomic E-state index is 9.31. The Morgan fingerprint density at radius 2 is 2.27 bits per heavy atom. The molecule has 0 aliphatic rings. The average Bonchev–Trinajstić information content (AvgIpc) is 2.71. The van der Waals surface area contributed by atoms with E-state index in [1.807, 2.05) is 12.1 Å². The molecule has 0 amide bonds. The SMILES string of the molecule is C[C@@H](O)c1ccc(Sc2ncc[nH]2)nc1. The summed E-state index contributed by atoms with van der Waals surface area (Å²) in [7, 11) is 0. The van der Waals surface area contributed by atoms with E-state index in [9.17, 15) is 5.11 Å². The summed E-state index contributed by atoms with van der Waals surface area (Å²) < 4.78 is 0. The maximum Gasteiger partial charge on any atom is 0.171 e. The molecule has 0 aliphatic carbocycles. The van der Waals surface area contributed by atoms with Crippen molar-refractivity contribution in [2.75, 3.05) is 0 Å². The molecule has 2 N–H and O–H groups in total. The molecule has 0 fully saturated rings. The first-order valence-corrected chi connectivity index (χ1v) is 5.38. The van der Waals surface area contributed by atoms with Gasteiger partial charge in [-0.3, -0.25) is 0 Å². The van der Waals surface area contributed by atoms with E-state index in [0.717, 1.165) is 15.7 Å². The van der Waals surface area contributed by atoms with Crippen LogP contribution in [0, 0.1) is 0 Å². The second kappa shape index (κ2) is 4.46. The van der Waals surface area contributed by atoms with E-state index in [1.165, 1.54) is 11.8 Å². The average molecular weight is 221 g/mol. The summed E-state index contributed by atoms with van der Waals surface area (Å²) in [5.41, 5.74) is 0.818. The first-order chi connectivity index (χ1) is 7.25. The number of rotatable bonds is 3. The number of aliphatic hydroxyl groups excluding tert-OH is 1. The number of hydrogen-bond donors (Lipinski definition) is 2. The fourth-order valence-electron chi connectivity index (χ4n) is 1.10. The molecule has 2 heterocycles. The van der Waals surface area contributed by atoms with Gasteiger partial charge in [0.1, 0.15) is 5.03 Å². The zero-order chi connectivity index (χ0) is 10.7. The Hall–Kier alpha value is -1.33. The quantitative estimate of drug-likeness (QED) is 0.832. The van der Waals surface area contributed by atoms with E-state index in [-0.39, 0.29) is 0 Å². The van der Waals surface area contributed by atoms with Gasteiger partial charge >= 0.3 is 0 Å². The Labute approximate surface area is 91.8 Å². The van der Waals surface area contributed by atoms with Crippen LogP contribution in [0.3, 0.4) is 0 Å². The van der Waals surface area contributed by atoms with E-state index < -0.39 is 6.10 Å². The third kappa shape index (κ3) is 2.57. The van der Waals surface area contributed by atoms with Crippen LogP contribution in [0.4, 0.5) is 0 Å². The number of aromatic nitrogens is 3. The van der Waals surface area contributed by atoms with Gasteiger partial charge < -0.3 is 10.1 Å². The van der Waals surface area contributed by atoms with Gasteiger partial charge in [-0.15, -0.1) is 0 Å². The largest absolute Gasteiger partial charge is 0.389 e. The van der Waals surface area contributed by atoms with Crippen molar-refractivity contribution in [1.82, 2.24) is 15.0 Å². The minimum atomic E-state index is -0.472. The zero-order valence-electron chi connectivity index (χ0n) is 8.21. The third-order valence-electron chi connectivity index (χ3n) is 1.92. The van der Waals surface area contributed by atoms with Crippen LogP contribution in [0.2, 0.25) is 0 Å². The Balaban J connectivity index is 2.11. The minimum absolute atomic E-state index is 0.472. The van der Waals surface area contributed by atoms with Crippen molar-refractivity contribution < 1.29 is 5.11 Å². The van der Waals surface area contributed by atoms with Crippen molar-refractivity contribution >= 4 is 11.8 Å². The smallest absolute Gasteiger partial charge is 0.171 e. The molecule has 0 radical (unpaired) electrons. The van der Waals surface area contributed by atoms with E-state index in [2.05, 4.69) is 15.0 Å². The van der Waals surface area contributed by atoms with Crippen LogP contribution in [0.5, 0.6) is 0 Å². The van der Waals surface area contributed by atoms with Gasteiger partial charge in [0.25, 0.3) is 0 Å². The molecular formula is C10H11N3OS. The molecule has 2 aromatic rings. The van der Waals surface area contributed by atoms with Crippen molar-refractivity contribution in [2.24, 2.45) is 0 Å². The first kappa shape index (κ1) is 10.2. The van der Waals surface area contributed by atoms with E-state index in [1.54, 1.807) is 25.5 Å². The minimum Gasteiger partial charge on any atom is -0.389 e. The lowest BCUT2D eigenvalue weighted by atomic mass is 10.2. The number of H-pyrrole nitrogens is 1. The summed E-state index contributed by atoms with van der Waals surface area (Å²) in [5, 5.41) is 11.0. The molecule has 0 unspecified atom stereocenters. The van der Waals surface area contributed by atoms with E-state index >= 15 is 0 Å². The van der Waals surface area contributed by atoms with Gasteiger partial charge in [-0.2, -0.15) is 0 Å². The number of hydrogen-bond acceptors (Lipinski definition) is 4. The van der Waals surface area contributed by atoms with Crippen LogP contribution in [0.1, 0.15) is 18.6 Å². The number of pyridine rings is 1. The summed E-state index contributed by atoms with van der Waals surface area (Å²) in [4.78, 5) is 11.3. The molecule has 2 rings (SSSR count). The van der Waals surface area contributed by atoms with Crippen LogP contribution >= 0.6 is 11.8 Å². The Morgan fingerprint density at radius 1 is 1.40 bits per heavy atom. The van der Waals surface area contributed by atoms with Crippen LogP contribution in [-0.2, 0) is 0 Å². The van der Waals surface area contributed by atoms with E-state index in [0.29, 0.717) is 0 Å². The second-order valence-corrected chi connectivity index (χ2v) is 4.11.